The molecule has 1 rings (SSSR count). The van der Waals surface area contributed by atoms with Crippen molar-refractivity contribution in [2.75, 3.05) is 12.4 Å². The summed E-state index contributed by atoms with van der Waals surface area (Å²) in [6, 6.07) is 6.74. The Hall–Kier alpha value is -1.00. The third kappa shape index (κ3) is 3.40. The Morgan fingerprint density at radius 1 is 1.29 bits per heavy atom. The van der Waals surface area contributed by atoms with Gasteiger partial charge in [0.15, 0.2) is 0 Å². The molecule has 1 aromatic rings. The highest BCUT2D eigenvalue weighted by molar-refractivity contribution is 7.99. The molecular formula is C10H12O3S. The van der Waals surface area contributed by atoms with E-state index in [1.54, 1.807) is 36.0 Å². The van der Waals surface area contributed by atoms with E-state index in [0.29, 0.717) is 5.56 Å². The second kappa shape index (κ2) is 5.67. The fourth-order valence-corrected chi connectivity index (χ4v) is 1.79. The molecule has 0 heterocycles. The van der Waals surface area contributed by atoms with Crippen LogP contribution in [0.15, 0.2) is 29.2 Å². The molecule has 0 atom stereocenters. The maximum absolute atomic E-state index is 10.5. The van der Waals surface area contributed by atoms with Gasteiger partial charge in [0.05, 0.1) is 5.56 Å². The highest BCUT2D eigenvalue weighted by Crippen LogP contribution is 2.18. The minimum atomic E-state index is -0.906. The molecule has 0 aliphatic heterocycles. The number of carboxylic acid groups (broad SMARTS) is 1. The zero-order chi connectivity index (χ0) is 10.4. The zero-order valence-corrected chi connectivity index (χ0v) is 8.46. The van der Waals surface area contributed by atoms with Crippen LogP contribution >= 0.6 is 11.8 Å². The normalized spacial score (nSPS) is 10.1. The van der Waals surface area contributed by atoms with Crippen LogP contribution in [0.1, 0.15) is 16.8 Å². The van der Waals surface area contributed by atoms with Gasteiger partial charge in [-0.1, -0.05) is 0 Å². The smallest absolute Gasteiger partial charge is 0.335 e. The van der Waals surface area contributed by atoms with Crippen molar-refractivity contribution in [1.82, 2.24) is 0 Å². The summed E-state index contributed by atoms with van der Waals surface area (Å²) in [5.74, 6) is -0.0555. The van der Waals surface area contributed by atoms with Crippen molar-refractivity contribution in [3.63, 3.8) is 0 Å². The number of carbonyl (C=O) groups is 1. The van der Waals surface area contributed by atoms with E-state index in [1.807, 2.05) is 0 Å². The van der Waals surface area contributed by atoms with Gasteiger partial charge in [0.2, 0.25) is 0 Å². The molecule has 76 valence electrons. The Kier molecular flexibility index (Phi) is 4.49. The minimum absolute atomic E-state index is 0.195. The lowest BCUT2D eigenvalue weighted by atomic mass is 10.2. The number of benzene rings is 1. The Morgan fingerprint density at radius 2 is 1.93 bits per heavy atom. The SMILES string of the molecule is O=C(O)c1ccc(SCCCO)cc1. The van der Waals surface area contributed by atoms with Gasteiger partial charge in [-0.3, -0.25) is 0 Å². The lowest BCUT2D eigenvalue weighted by Gasteiger charge is -2.00. The van der Waals surface area contributed by atoms with Gasteiger partial charge in [0.1, 0.15) is 0 Å². The molecule has 0 aromatic heterocycles. The van der Waals surface area contributed by atoms with E-state index in [9.17, 15) is 4.79 Å². The number of carboxylic acids is 1. The lowest BCUT2D eigenvalue weighted by Crippen LogP contribution is -1.94. The number of thioether (sulfide) groups is 1. The third-order valence-electron chi connectivity index (χ3n) is 1.67. The Morgan fingerprint density at radius 3 is 2.43 bits per heavy atom. The van der Waals surface area contributed by atoms with Crippen LogP contribution in [0, 0.1) is 0 Å². The molecule has 4 heteroatoms. The van der Waals surface area contributed by atoms with Gasteiger partial charge < -0.3 is 10.2 Å². The number of aliphatic hydroxyl groups is 1. The quantitative estimate of drug-likeness (QED) is 0.577. The molecule has 0 saturated heterocycles. The molecule has 14 heavy (non-hydrogen) atoms. The van der Waals surface area contributed by atoms with Crippen LogP contribution in [-0.4, -0.2) is 28.5 Å². The minimum Gasteiger partial charge on any atom is -0.478 e. The molecule has 3 nitrogen and oxygen atoms in total. The van der Waals surface area contributed by atoms with E-state index in [4.69, 9.17) is 10.2 Å². The molecule has 0 amide bonds. The number of aliphatic hydroxyl groups excluding tert-OH is 1. The molecule has 0 aliphatic carbocycles. The van der Waals surface area contributed by atoms with E-state index in [-0.39, 0.29) is 6.61 Å². The molecule has 0 aliphatic rings. The summed E-state index contributed by atoms with van der Waals surface area (Å²) in [6.45, 7) is 0.195. The van der Waals surface area contributed by atoms with Crippen LogP contribution in [0.5, 0.6) is 0 Å². The summed E-state index contributed by atoms with van der Waals surface area (Å²) < 4.78 is 0. The lowest BCUT2D eigenvalue weighted by molar-refractivity contribution is 0.0697. The first-order chi connectivity index (χ1) is 6.74. The molecule has 2 N–H and O–H groups in total. The summed E-state index contributed by atoms with van der Waals surface area (Å²) in [5.41, 5.74) is 0.302. The second-order valence-corrected chi connectivity index (χ2v) is 3.92. The van der Waals surface area contributed by atoms with Gasteiger partial charge in [-0.15, -0.1) is 11.8 Å². The second-order valence-electron chi connectivity index (χ2n) is 2.76. The van der Waals surface area contributed by atoms with Crippen LogP contribution in [0.25, 0.3) is 0 Å². The standard InChI is InChI=1S/C10H12O3S/c11-6-1-7-14-9-4-2-8(3-5-9)10(12)13/h2-5,11H,1,6-7H2,(H,12,13). The molecule has 0 bridgehead atoms. The molecule has 0 spiro atoms. The van der Waals surface area contributed by atoms with Crippen LogP contribution in [0.3, 0.4) is 0 Å². The highest BCUT2D eigenvalue weighted by Gasteiger charge is 2.01. The average molecular weight is 212 g/mol. The first-order valence-electron chi connectivity index (χ1n) is 4.31. The summed E-state index contributed by atoms with van der Waals surface area (Å²) in [4.78, 5) is 11.6. The predicted molar refractivity (Wildman–Crippen MR) is 55.8 cm³/mol. The van der Waals surface area contributed by atoms with Crippen LogP contribution in [0.2, 0.25) is 0 Å². The monoisotopic (exact) mass is 212 g/mol. The zero-order valence-electron chi connectivity index (χ0n) is 7.64. The first kappa shape index (κ1) is 11.1. The predicted octanol–water partition coefficient (Wildman–Crippen LogP) is 1.86. The largest absolute Gasteiger partial charge is 0.478 e. The van der Waals surface area contributed by atoms with Crippen LogP contribution in [0.4, 0.5) is 0 Å². The van der Waals surface area contributed by atoms with Crippen LogP contribution < -0.4 is 0 Å². The average Bonchev–Trinajstić information content (AvgIpc) is 2.19. The molecule has 0 saturated carbocycles. The van der Waals surface area contributed by atoms with Gasteiger partial charge >= 0.3 is 5.97 Å². The van der Waals surface area contributed by atoms with Crippen molar-refractivity contribution < 1.29 is 15.0 Å². The third-order valence-corrected chi connectivity index (χ3v) is 2.77. The summed E-state index contributed by atoms with van der Waals surface area (Å²) >= 11 is 1.61. The fourth-order valence-electron chi connectivity index (χ4n) is 0.948. The van der Waals surface area contributed by atoms with Crippen molar-refractivity contribution >= 4 is 17.7 Å². The van der Waals surface area contributed by atoms with Crippen molar-refractivity contribution in [2.24, 2.45) is 0 Å². The first-order valence-corrected chi connectivity index (χ1v) is 5.29. The molecule has 0 unspecified atom stereocenters. The number of rotatable bonds is 5. The number of hydrogen-bond acceptors (Lipinski definition) is 3. The van der Waals surface area contributed by atoms with Crippen molar-refractivity contribution in [3.8, 4) is 0 Å². The van der Waals surface area contributed by atoms with Gasteiger partial charge in [0.25, 0.3) is 0 Å². The van der Waals surface area contributed by atoms with Crippen LogP contribution in [-0.2, 0) is 0 Å². The topological polar surface area (TPSA) is 57.5 Å². The summed E-state index contributed by atoms with van der Waals surface area (Å²) in [5, 5.41) is 17.2. The van der Waals surface area contributed by atoms with Gasteiger partial charge in [0, 0.05) is 17.3 Å². The van der Waals surface area contributed by atoms with Gasteiger partial charge in [-0.25, -0.2) is 4.79 Å². The molecule has 0 radical (unpaired) electrons. The Bertz CT molecular complexity index is 295. The van der Waals surface area contributed by atoms with E-state index in [2.05, 4.69) is 0 Å². The Labute approximate surface area is 86.8 Å². The number of aromatic carboxylic acids is 1. The summed E-state index contributed by atoms with van der Waals surface area (Å²) in [6.07, 6.45) is 0.755. The van der Waals surface area contributed by atoms with Crippen molar-refractivity contribution in [1.29, 1.82) is 0 Å². The molecule has 1 aromatic carbocycles. The van der Waals surface area contributed by atoms with E-state index >= 15 is 0 Å². The maximum atomic E-state index is 10.5. The maximum Gasteiger partial charge on any atom is 0.335 e. The van der Waals surface area contributed by atoms with Crippen molar-refractivity contribution in [3.05, 3.63) is 29.8 Å². The summed E-state index contributed by atoms with van der Waals surface area (Å²) in [7, 11) is 0. The van der Waals surface area contributed by atoms with Gasteiger partial charge in [-0.05, 0) is 30.7 Å². The van der Waals surface area contributed by atoms with E-state index in [0.717, 1.165) is 17.1 Å². The highest BCUT2D eigenvalue weighted by atomic mass is 32.2. The van der Waals surface area contributed by atoms with Crippen molar-refractivity contribution in [2.45, 2.75) is 11.3 Å². The fraction of sp³-hybridized carbons (Fsp3) is 0.300. The number of hydrogen-bond donors (Lipinski definition) is 2. The van der Waals surface area contributed by atoms with Gasteiger partial charge in [-0.2, -0.15) is 0 Å². The molecule has 0 fully saturated rings. The Balaban J connectivity index is 2.51. The van der Waals surface area contributed by atoms with E-state index in [1.165, 1.54) is 0 Å². The van der Waals surface area contributed by atoms with E-state index < -0.39 is 5.97 Å². The molecular weight excluding hydrogens is 200 g/mol.